The van der Waals surface area contributed by atoms with E-state index in [2.05, 4.69) is 26.0 Å². The van der Waals surface area contributed by atoms with Crippen LogP contribution >= 0.6 is 0 Å². The minimum atomic E-state index is 0.0141. The molecule has 1 aliphatic rings. The van der Waals surface area contributed by atoms with Crippen molar-refractivity contribution in [2.75, 3.05) is 0 Å². The lowest BCUT2D eigenvalue weighted by atomic mass is 9.70. The minimum absolute atomic E-state index is 0.0141. The SMILES string of the molecule is CC=C(C)C(=O)C1=C(C)C=CCC1(C)CC. The van der Waals surface area contributed by atoms with Crippen LogP contribution in [-0.2, 0) is 4.79 Å². The fourth-order valence-electron chi connectivity index (χ4n) is 2.26. The molecule has 1 unspecified atom stereocenters. The Hall–Kier alpha value is -1.11. The Balaban J connectivity index is 3.25. The first-order chi connectivity index (χ1) is 7.46. The molecule has 1 atom stereocenters. The molecule has 1 aliphatic carbocycles. The molecule has 0 aromatic rings. The topological polar surface area (TPSA) is 17.1 Å². The number of hydrogen-bond acceptors (Lipinski definition) is 1. The van der Waals surface area contributed by atoms with E-state index in [1.807, 2.05) is 26.8 Å². The average Bonchev–Trinajstić information content (AvgIpc) is 2.27. The lowest BCUT2D eigenvalue weighted by Gasteiger charge is -2.33. The summed E-state index contributed by atoms with van der Waals surface area (Å²) in [5, 5.41) is 0. The van der Waals surface area contributed by atoms with Gasteiger partial charge in [0.05, 0.1) is 0 Å². The highest BCUT2D eigenvalue weighted by Gasteiger charge is 2.33. The highest BCUT2D eigenvalue weighted by Crippen LogP contribution is 2.41. The molecule has 0 radical (unpaired) electrons. The zero-order chi connectivity index (χ0) is 12.3. The Morgan fingerprint density at radius 3 is 2.69 bits per heavy atom. The number of ketones is 1. The highest BCUT2D eigenvalue weighted by molar-refractivity contribution is 6.09. The Kier molecular flexibility index (Phi) is 3.90. The van der Waals surface area contributed by atoms with Crippen molar-refractivity contribution in [3.63, 3.8) is 0 Å². The molecule has 88 valence electrons. The van der Waals surface area contributed by atoms with Crippen LogP contribution in [0.25, 0.3) is 0 Å². The number of hydrogen-bond donors (Lipinski definition) is 0. The standard InChI is InChI=1S/C15H22O/c1-6-11(3)14(16)13-12(4)9-8-10-15(13,5)7-2/h6,8-9H,7,10H2,1-5H3. The molecule has 0 aromatic heterocycles. The van der Waals surface area contributed by atoms with E-state index < -0.39 is 0 Å². The molecule has 1 nitrogen and oxygen atoms in total. The van der Waals surface area contributed by atoms with E-state index in [1.54, 1.807) is 0 Å². The molecule has 0 heterocycles. The van der Waals surface area contributed by atoms with E-state index in [9.17, 15) is 4.79 Å². The van der Waals surface area contributed by atoms with Crippen molar-refractivity contribution in [1.82, 2.24) is 0 Å². The van der Waals surface area contributed by atoms with Crippen LogP contribution in [0.1, 0.15) is 47.5 Å². The van der Waals surface area contributed by atoms with Crippen LogP contribution in [0.5, 0.6) is 0 Å². The highest BCUT2D eigenvalue weighted by atomic mass is 16.1. The Morgan fingerprint density at radius 1 is 1.56 bits per heavy atom. The van der Waals surface area contributed by atoms with Crippen LogP contribution in [0.15, 0.2) is 34.9 Å². The fraction of sp³-hybridized carbons (Fsp3) is 0.533. The monoisotopic (exact) mass is 218 g/mol. The van der Waals surface area contributed by atoms with Gasteiger partial charge in [-0.1, -0.05) is 32.1 Å². The molecule has 0 N–H and O–H groups in total. The maximum absolute atomic E-state index is 12.4. The van der Waals surface area contributed by atoms with Gasteiger partial charge in [-0.25, -0.2) is 0 Å². The van der Waals surface area contributed by atoms with E-state index in [0.29, 0.717) is 0 Å². The van der Waals surface area contributed by atoms with E-state index in [0.717, 1.165) is 29.6 Å². The molecule has 0 aromatic carbocycles. The largest absolute Gasteiger partial charge is 0.289 e. The molecule has 16 heavy (non-hydrogen) atoms. The third kappa shape index (κ3) is 2.18. The van der Waals surface area contributed by atoms with Gasteiger partial charge in [0.15, 0.2) is 5.78 Å². The predicted molar refractivity (Wildman–Crippen MR) is 69.3 cm³/mol. The van der Waals surface area contributed by atoms with Crippen LogP contribution in [0.4, 0.5) is 0 Å². The summed E-state index contributed by atoms with van der Waals surface area (Å²) in [5.74, 6) is 0.216. The van der Waals surface area contributed by atoms with Crippen molar-refractivity contribution in [2.45, 2.75) is 47.5 Å². The summed E-state index contributed by atoms with van der Waals surface area (Å²) >= 11 is 0. The third-order valence-corrected chi connectivity index (χ3v) is 3.73. The summed E-state index contributed by atoms with van der Waals surface area (Å²) in [5.41, 5.74) is 3.00. The molecule has 0 fully saturated rings. The summed E-state index contributed by atoms with van der Waals surface area (Å²) in [7, 11) is 0. The van der Waals surface area contributed by atoms with Crippen molar-refractivity contribution in [2.24, 2.45) is 5.41 Å². The van der Waals surface area contributed by atoms with Gasteiger partial charge >= 0.3 is 0 Å². The van der Waals surface area contributed by atoms with E-state index >= 15 is 0 Å². The van der Waals surface area contributed by atoms with Crippen LogP contribution in [-0.4, -0.2) is 5.78 Å². The summed E-state index contributed by atoms with van der Waals surface area (Å²) in [6.07, 6.45) is 8.14. The lowest BCUT2D eigenvalue weighted by molar-refractivity contribution is -0.113. The quantitative estimate of drug-likeness (QED) is 0.648. The second-order valence-corrected chi connectivity index (χ2v) is 4.88. The van der Waals surface area contributed by atoms with Crippen LogP contribution in [0.2, 0.25) is 0 Å². The van der Waals surface area contributed by atoms with Crippen molar-refractivity contribution >= 4 is 5.78 Å². The molecular formula is C15H22O. The second-order valence-electron chi connectivity index (χ2n) is 4.88. The number of rotatable bonds is 3. The first kappa shape index (κ1) is 13.0. The fourth-order valence-corrected chi connectivity index (χ4v) is 2.26. The minimum Gasteiger partial charge on any atom is -0.289 e. The van der Waals surface area contributed by atoms with Crippen molar-refractivity contribution in [3.8, 4) is 0 Å². The molecule has 1 rings (SSSR count). The number of Topliss-reactive ketones (excluding diaryl/α,β-unsaturated/α-hetero) is 1. The zero-order valence-corrected chi connectivity index (χ0v) is 11.1. The Labute approximate surface area is 98.9 Å². The van der Waals surface area contributed by atoms with Gasteiger partial charge in [-0.15, -0.1) is 0 Å². The van der Waals surface area contributed by atoms with Gasteiger partial charge in [-0.05, 0) is 50.2 Å². The normalized spacial score (nSPS) is 26.2. The van der Waals surface area contributed by atoms with Gasteiger partial charge < -0.3 is 0 Å². The summed E-state index contributed by atoms with van der Waals surface area (Å²) in [6, 6.07) is 0. The van der Waals surface area contributed by atoms with E-state index in [4.69, 9.17) is 0 Å². The summed E-state index contributed by atoms with van der Waals surface area (Å²) < 4.78 is 0. The summed E-state index contributed by atoms with van der Waals surface area (Å²) in [6.45, 7) is 10.2. The van der Waals surface area contributed by atoms with Gasteiger partial charge in [-0.3, -0.25) is 4.79 Å². The number of carbonyl (C=O) groups excluding carboxylic acids is 1. The molecule has 0 saturated carbocycles. The Bertz CT molecular complexity index is 382. The molecule has 0 aliphatic heterocycles. The molecule has 0 bridgehead atoms. The maximum atomic E-state index is 12.4. The van der Waals surface area contributed by atoms with Gasteiger partial charge in [0.25, 0.3) is 0 Å². The average molecular weight is 218 g/mol. The second kappa shape index (κ2) is 4.82. The number of carbonyl (C=O) groups is 1. The van der Waals surface area contributed by atoms with E-state index in [-0.39, 0.29) is 11.2 Å². The first-order valence-corrected chi connectivity index (χ1v) is 6.01. The maximum Gasteiger partial charge on any atom is 0.185 e. The first-order valence-electron chi connectivity index (χ1n) is 6.01. The van der Waals surface area contributed by atoms with Crippen molar-refractivity contribution in [3.05, 3.63) is 34.9 Å². The van der Waals surface area contributed by atoms with Gasteiger partial charge in [0.2, 0.25) is 0 Å². The van der Waals surface area contributed by atoms with Crippen LogP contribution in [0.3, 0.4) is 0 Å². The molecular weight excluding hydrogens is 196 g/mol. The van der Waals surface area contributed by atoms with Crippen LogP contribution < -0.4 is 0 Å². The molecule has 0 amide bonds. The predicted octanol–water partition coefficient (Wildman–Crippen LogP) is 4.21. The smallest absolute Gasteiger partial charge is 0.185 e. The molecule has 0 saturated heterocycles. The Morgan fingerprint density at radius 2 is 2.19 bits per heavy atom. The number of allylic oxidation sites excluding steroid dienone is 6. The third-order valence-electron chi connectivity index (χ3n) is 3.73. The van der Waals surface area contributed by atoms with Crippen LogP contribution in [0, 0.1) is 5.41 Å². The van der Waals surface area contributed by atoms with E-state index in [1.165, 1.54) is 0 Å². The van der Waals surface area contributed by atoms with Gasteiger partial charge in [-0.2, -0.15) is 0 Å². The van der Waals surface area contributed by atoms with Gasteiger partial charge in [0.1, 0.15) is 0 Å². The van der Waals surface area contributed by atoms with Gasteiger partial charge in [0, 0.05) is 5.57 Å². The molecule has 0 spiro atoms. The lowest BCUT2D eigenvalue weighted by Crippen LogP contribution is -2.27. The van der Waals surface area contributed by atoms with Crippen molar-refractivity contribution in [1.29, 1.82) is 0 Å². The van der Waals surface area contributed by atoms with Crippen molar-refractivity contribution < 1.29 is 4.79 Å². The zero-order valence-electron chi connectivity index (χ0n) is 11.1. The molecule has 1 heteroatoms. The summed E-state index contributed by atoms with van der Waals surface area (Å²) in [4.78, 5) is 12.4.